The second-order valence-electron chi connectivity index (χ2n) is 6.86. The van der Waals surface area contributed by atoms with Crippen LogP contribution >= 0.6 is 0 Å². The van der Waals surface area contributed by atoms with E-state index in [4.69, 9.17) is 9.72 Å². The van der Waals surface area contributed by atoms with E-state index in [1.165, 1.54) is 12.8 Å². The Bertz CT molecular complexity index is 817. The van der Waals surface area contributed by atoms with Gasteiger partial charge in [-0.2, -0.15) is 0 Å². The van der Waals surface area contributed by atoms with Gasteiger partial charge < -0.3 is 14.6 Å². The molecule has 8 nitrogen and oxygen atoms in total. The molecule has 4 rings (SSSR count). The van der Waals surface area contributed by atoms with Gasteiger partial charge in [-0.05, 0) is 25.8 Å². The third-order valence-corrected chi connectivity index (χ3v) is 4.92. The van der Waals surface area contributed by atoms with Crippen LogP contribution in [0.25, 0.3) is 0 Å². The van der Waals surface area contributed by atoms with E-state index in [0.717, 1.165) is 37.0 Å². The molecule has 2 fully saturated rings. The van der Waals surface area contributed by atoms with Crippen LogP contribution in [-0.4, -0.2) is 57.7 Å². The first-order valence-corrected chi connectivity index (χ1v) is 9.15. The Morgan fingerprint density at radius 2 is 2.12 bits per heavy atom. The van der Waals surface area contributed by atoms with Crippen molar-refractivity contribution in [3.8, 4) is 0 Å². The highest BCUT2D eigenvalue weighted by molar-refractivity contribution is 5.31. The topological polar surface area (TPSA) is 87.2 Å². The second-order valence-corrected chi connectivity index (χ2v) is 6.86. The van der Waals surface area contributed by atoms with Crippen LogP contribution in [0.2, 0.25) is 0 Å². The number of H-pyrrole nitrogens is 1. The Balaban J connectivity index is 1.55. The van der Waals surface area contributed by atoms with E-state index in [0.29, 0.717) is 25.6 Å². The molecule has 26 heavy (non-hydrogen) atoms. The van der Waals surface area contributed by atoms with Gasteiger partial charge in [-0.1, -0.05) is 0 Å². The monoisotopic (exact) mass is 356 g/mol. The van der Waals surface area contributed by atoms with Crippen LogP contribution in [0.4, 0.5) is 5.95 Å². The van der Waals surface area contributed by atoms with E-state index in [2.05, 4.69) is 24.8 Å². The Labute approximate surface area is 152 Å². The Hall–Kier alpha value is -2.32. The zero-order valence-electron chi connectivity index (χ0n) is 15.0. The maximum Gasteiger partial charge on any atom is 0.251 e. The standard InChI is InChI=1S/C18H24N6O2/c1-13-20-15(10-17(25)21-13)16-12-26-9-8-24(16)11-14-4-5-19-18(22-14)23-6-2-3-7-23/h4-5,10,16H,2-3,6-9,11-12H2,1H3,(H,20,21,25)/t16-/m0/s1. The number of hydrogen-bond acceptors (Lipinski definition) is 7. The summed E-state index contributed by atoms with van der Waals surface area (Å²) in [5, 5.41) is 0. The van der Waals surface area contributed by atoms with Crippen LogP contribution in [-0.2, 0) is 11.3 Å². The van der Waals surface area contributed by atoms with E-state index >= 15 is 0 Å². The molecular formula is C18H24N6O2. The molecule has 0 aromatic carbocycles. The highest BCUT2D eigenvalue weighted by atomic mass is 16.5. The minimum atomic E-state index is -0.128. The van der Waals surface area contributed by atoms with Crippen molar-refractivity contribution in [2.24, 2.45) is 0 Å². The van der Waals surface area contributed by atoms with Crippen LogP contribution in [0, 0.1) is 6.92 Å². The third-order valence-electron chi connectivity index (χ3n) is 4.92. The summed E-state index contributed by atoms with van der Waals surface area (Å²) >= 11 is 0. The molecule has 0 unspecified atom stereocenters. The summed E-state index contributed by atoms with van der Waals surface area (Å²) in [6.45, 7) is 6.51. The van der Waals surface area contributed by atoms with Crippen LogP contribution in [0.15, 0.2) is 23.1 Å². The zero-order chi connectivity index (χ0) is 17.9. The SMILES string of the molecule is Cc1nc([C@@H]2COCCN2Cc2ccnc(N3CCCC3)n2)cc(=O)[nH]1. The third kappa shape index (κ3) is 3.76. The summed E-state index contributed by atoms with van der Waals surface area (Å²) in [5.41, 5.74) is 1.60. The molecule has 2 aromatic rings. The highest BCUT2D eigenvalue weighted by Gasteiger charge is 2.27. The first kappa shape index (κ1) is 17.1. The first-order valence-electron chi connectivity index (χ1n) is 9.15. The zero-order valence-corrected chi connectivity index (χ0v) is 15.0. The number of hydrogen-bond donors (Lipinski definition) is 1. The fraction of sp³-hybridized carbons (Fsp3) is 0.556. The molecule has 2 aromatic heterocycles. The number of morpholine rings is 1. The molecule has 2 saturated heterocycles. The fourth-order valence-electron chi connectivity index (χ4n) is 3.62. The largest absolute Gasteiger partial charge is 0.378 e. The van der Waals surface area contributed by atoms with Crippen molar-refractivity contribution in [1.29, 1.82) is 0 Å². The summed E-state index contributed by atoms with van der Waals surface area (Å²) in [7, 11) is 0. The van der Waals surface area contributed by atoms with Crippen molar-refractivity contribution in [2.75, 3.05) is 37.7 Å². The minimum absolute atomic E-state index is 0.0463. The van der Waals surface area contributed by atoms with Crippen molar-refractivity contribution >= 4 is 5.95 Å². The predicted molar refractivity (Wildman–Crippen MR) is 97.0 cm³/mol. The number of anilines is 1. The van der Waals surface area contributed by atoms with Crippen molar-refractivity contribution in [3.05, 3.63) is 45.9 Å². The average molecular weight is 356 g/mol. The lowest BCUT2D eigenvalue weighted by Gasteiger charge is -2.35. The summed E-state index contributed by atoms with van der Waals surface area (Å²) in [6, 6.07) is 3.48. The van der Waals surface area contributed by atoms with E-state index in [1.54, 1.807) is 13.0 Å². The Morgan fingerprint density at radius 1 is 1.27 bits per heavy atom. The molecule has 0 amide bonds. The number of aromatic nitrogens is 4. The lowest BCUT2D eigenvalue weighted by molar-refractivity contribution is -0.0149. The van der Waals surface area contributed by atoms with Crippen molar-refractivity contribution in [3.63, 3.8) is 0 Å². The number of aryl methyl sites for hydroxylation is 1. The summed E-state index contributed by atoms with van der Waals surface area (Å²) < 4.78 is 5.65. The fourth-order valence-corrected chi connectivity index (χ4v) is 3.62. The van der Waals surface area contributed by atoms with Gasteiger partial charge in [0.25, 0.3) is 5.56 Å². The molecule has 1 atom stereocenters. The highest BCUT2D eigenvalue weighted by Crippen LogP contribution is 2.24. The maximum atomic E-state index is 11.8. The van der Waals surface area contributed by atoms with E-state index < -0.39 is 0 Å². The molecule has 0 bridgehead atoms. The number of rotatable bonds is 4. The van der Waals surface area contributed by atoms with Gasteiger partial charge in [0.15, 0.2) is 0 Å². The van der Waals surface area contributed by atoms with E-state index in [1.807, 2.05) is 12.3 Å². The van der Waals surface area contributed by atoms with Crippen molar-refractivity contribution < 1.29 is 4.74 Å². The lowest BCUT2D eigenvalue weighted by Crippen LogP contribution is -2.40. The molecule has 0 radical (unpaired) electrons. The van der Waals surface area contributed by atoms with Crippen LogP contribution in [0.3, 0.4) is 0 Å². The number of aromatic amines is 1. The molecule has 1 N–H and O–H groups in total. The number of nitrogens with one attached hydrogen (secondary N) is 1. The predicted octanol–water partition coefficient (Wildman–Crippen LogP) is 1.04. The van der Waals surface area contributed by atoms with Crippen molar-refractivity contribution in [1.82, 2.24) is 24.8 Å². The number of nitrogens with zero attached hydrogens (tertiary/aromatic N) is 5. The normalized spacial score (nSPS) is 21.3. The Kier molecular flexibility index (Phi) is 4.94. The Morgan fingerprint density at radius 3 is 2.92 bits per heavy atom. The molecule has 0 spiro atoms. The van der Waals surface area contributed by atoms with E-state index in [9.17, 15) is 4.79 Å². The molecule has 4 heterocycles. The van der Waals surface area contributed by atoms with Gasteiger partial charge >= 0.3 is 0 Å². The van der Waals surface area contributed by atoms with Gasteiger partial charge in [-0.25, -0.2) is 15.0 Å². The van der Waals surface area contributed by atoms with Gasteiger partial charge in [-0.3, -0.25) is 9.69 Å². The quantitative estimate of drug-likeness (QED) is 0.876. The molecule has 2 aliphatic rings. The van der Waals surface area contributed by atoms with E-state index in [-0.39, 0.29) is 11.6 Å². The molecule has 8 heteroatoms. The summed E-state index contributed by atoms with van der Waals surface area (Å²) in [5.74, 6) is 1.44. The van der Waals surface area contributed by atoms with Crippen molar-refractivity contribution in [2.45, 2.75) is 32.4 Å². The molecule has 0 aliphatic carbocycles. The minimum Gasteiger partial charge on any atom is -0.378 e. The van der Waals surface area contributed by atoms with Crippen LogP contribution in [0.5, 0.6) is 0 Å². The van der Waals surface area contributed by atoms with Gasteiger partial charge in [0.1, 0.15) is 5.82 Å². The van der Waals surface area contributed by atoms with Gasteiger partial charge in [0.05, 0.1) is 30.6 Å². The molecule has 2 aliphatic heterocycles. The second kappa shape index (κ2) is 7.51. The molecule has 0 saturated carbocycles. The summed E-state index contributed by atoms with van der Waals surface area (Å²) in [4.78, 5) is 32.7. The smallest absolute Gasteiger partial charge is 0.251 e. The van der Waals surface area contributed by atoms with Crippen LogP contribution in [0.1, 0.15) is 36.1 Å². The van der Waals surface area contributed by atoms with Crippen LogP contribution < -0.4 is 10.5 Å². The first-order chi connectivity index (χ1) is 12.7. The average Bonchev–Trinajstić information content (AvgIpc) is 3.16. The summed E-state index contributed by atoms with van der Waals surface area (Å²) in [6.07, 6.45) is 4.24. The van der Waals surface area contributed by atoms with Gasteiger partial charge in [-0.15, -0.1) is 0 Å². The number of ether oxygens (including phenoxy) is 1. The lowest BCUT2D eigenvalue weighted by atomic mass is 10.1. The van der Waals surface area contributed by atoms with Gasteiger partial charge in [0, 0.05) is 38.4 Å². The molecule has 138 valence electrons. The maximum absolute atomic E-state index is 11.8. The van der Waals surface area contributed by atoms with Gasteiger partial charge in [0.2, 0.25) is 5.95 Å². The molecular weight excluding hydrogens is 332 g/mol.